The molecular formula is C25H31N3O3. The molecule has 0 radical (unpaired) electrons. The maximum atomic E-state index is 12.6. The average molecular weight is 422 g/mol. The summed E-state index contributed by atoms with van der Waals surface area (Å²) >= 11 is 0. The highest BCUT2D eigenvalue weighted by Gasteiger charge is 2.30. The first-order valence-corrected chi connectivity index (χ1v) is 11.3. The number of hydrogen-bond acceptors (Lipinski definition) is 3. The van der Waals surface area contributed by atoms with Gasteiger partial charge in [0, 0.05) is 38.6 Å². The van der Waals surface area contributed by atoms with Gasteiger partial charge in [-0.3, -0.25) is 4.79 Å². The summed E-state index contributed by atoms with van der Waals surface area (Å²) in [6.45, 7) is 4.12. The van der Waals surface area contributed by atoms with E-state index in [1.165, 1.54) is 0 Å². The van der Waals surface area contributed by atoms with Crippen LogP contribution in [-0.2, 0) is 17.9 Å². The van der Waals surface area contributed by atoms with E-state index in [-0.39, 0.29) is 17.9 Å². The van der Waals surface area contributed by atoms with Crippen molar-refractivity contribution < 1.29 is 14.3 Å². The molecule has 31 heavy (non-hydrogen) atoms. The normalized spacial score (nSPS) is 16.9. The number of urea groups is 1. The number of piperidine rings is 1. The van der Waals surface area contributed by atoms with Crippen molar-refractivity contribution in [2.75, 3.05) is 26.2 Å². The highest BCUT2D eigenvalue weighted by molar-refractivity contribution is 5.79. The Labute approximate surface area is 184 Å². The van der Waals surface area contributed by atoms with Crippen molar-refractivity contribution in [3.63, 3.8) is 0 Å². The number of ether oxygens (including phenoxy) is 1. The molecule has 2 aromatic rings. The lowest BCUT2D eigenvalue weighted by atomic mass is 9.96. The summed E-state index contributed by atoms with van der Waals surface area (Å²) < 4.78 is 5.81. The molecule has 0 atom stereocenters. The standard InChI is InChI=1S/C25H31N3O3/c29-24(22-12-16-28(17-13-22)25(30)27-14-4-5-15-27)26-18-20-8-10-23(11-9-20)31-19-21-6-2-1-3-7-21/h1-3,6-11,22H,4-5,12-19H2,(H,26,29). The Morgan fingerprint density at radius 3 is 2.16 bits per heavy atom. The van der Waals surface area contributed by atoms with Crippen molar-refractivity contribution in [2.24, 2.45) is 5.92 Å². The number of rotatable bonds is 6. The van der Waals surface area contributed by atoms with Crippen LogP contribution < -0.4 is 10.1 Å². The number of likely N-dealkylation sites (tertiary alicyclic amines) is 2. The second kappa shape index (κ2) is 10.3. The first-order valence-electron chi connectivity index (χ1n) is 11.3. The number of amides is 3. The minimum absolute atomic E-state index is 0.0175. The number of carbonyl (C=O) groups is 2. The van der Waals surface area contributed by atoms with Gasteiger partial charge in [-0.1, -0.05) is 42.5 Å². The highest BCUT2D eigenvalue weighted by Crippen LogP contribution is 2.21. The fraction of sp³-hybridized carbons (Fsp3) is 0.440. The molecular weight excluding hydrogens is 390 g/mol. The summed E-state index contributed by atoms with van der Waals surface area (Å²) in [4.78, 5) is 28.9. The summed E-state index contributed by atoms with van der Waals surface area (Å²) in [6, 6.07) is 18.1. The van der Waals surface area contributed by atoms with E-state index in [4.69, 9.17) is 4.74 Å². The van der Waals surface area contributed by atoms with Crippen LogP contribution in [0.15, 0.2) is 54.6 Å². The molecule has 6 nitrogen and oxygen atoms in total. The SMILES string of the molecule is O=C(NCc1ccc(OCc2ccccc2)cc1)C1CCN(C(=O)N2CCCC2)CC1. The summed E-state index contributed by atoms with van der Waals surface area (Å²) in [5.41, 5.74) is 2.18. The van der Waals surface area contributed by atoms with Gasteiger partial charge in [-0.2, -0.15) is 0 Å². The Morgan fingerprint density at radius 2 is 1.48 bits per heavy atom. The van der Waals surface area contributed by atoms with Gasteiger partial charge in [0.2, 0.25) is 5.91 Å². The van der Waals surface area contributed by atoms with Crippen LogP contribution in [0.25, 0.3) is 0 Å². The number of benzene rings is 2. The van der Waals surface area contributed by atoms with Gasteiger partial charge in [0.15, 0.2) is 0 Å². The summed E-state index contributed by atoms with van der Waals surface area (Å²) in [5.74, 6) is 0.878. The van der Waals surface area contributed by atoms with Gasteiger partial charge >= 0.3 is 6.03 Å². The Bertz CT molecular complexity index is 855. The van der Waals surface area contributed by atoms with Crippen LogP contribution in [0.2, 0.25) is 0 Å². The molecule has 4 rings (SSSR count). The first kappa shape index (κ1) is 21.2. The molecule has 0 bridgehead atoms. The molecule has 0 aromatic heterocycles. The first-order chi connectivity index (χ1) is 15.2. The summed E-state index contributed by atoms with van der Waals surface area (Å²) in [7, 11) is 0. The van der Waals surface area contributed by atoms with Crippen LogP contribution >= 0.6 is 0 Å². The largest absolute Gasteiger partial charge is 0.489 e. The fourth-order valence-corrected chi connectivity index (χ4v) is 4.22. The maximum Gasteiger partial charge on any atom is 0.319 e. The summed E-state index contributed by atoms with van der Waals surface area (Å²) in [5, 5.41) is 3.05. The lowest BCUT2D eigenvalue weighted by Crippen LogP contribution is -2.47. The molecule has 2 heterocycles. The van der Waals surface area contributed by atoms with E-state index in [9.17, 15) is 9.59 Å². The minimum Gasteiger partial charge on any atom is -0.489 e. The smallest absolute Gasteiger partial charge is 0.319 e. The van der Waals surface area contributed by atoms with Crippen molar-refractivity contribution in [3.8, 4) is 5.75 Å². The predicted octanol–water partition coefficient (Wildman–Crippen LogP) is 3.81. The molecule has 1 N–H and O–H groups in total. The van der Waals surface area contributed by atoms with Crippen molar-refractivity contribution in [1.29, 1.82) is 0 Å². The molecule has 2 aromatic carbocycles. The Morgan fingerprint density at radius 1 is 0.839 bits per heavy atom. The molecule has 164 valence electrons. The van der Waals surface area contributed by atoms with E-state index in [0.717, 1.165) is 55.6 Å². The van der Waals surface area contributed by atoms with Crippen LogP contribution in [0, 0.1) is 5.92 Å². The quantitative estimate of drug-likeness (QED) is 0.772. The lowest BCUT2D eigenvalue weighted by Gasteiger charge is -2.34. The van der Waals surface area contributed by atoms with Crippen LogP contribution in [0.5, 0.6) is 5.75 Å². The predicted molar refractivity (Wildman–Crippen MR) is 120 cm³/mol. The van der Waals surface area contributed by atoms with Crippen molar-refractivity contribution in [2.45, 2.75) is 38.8 Å². The highest BCUT2D eigenvalue weighted by atomic mass is 16.5. The van der Waals surface area contributed by atoms with Gasteiger partial charge in [-0.25, -0.2) is 4.79 Å². The molecule has 2 aliphatic rings. The van der Waals surface area contributed by atoms with Crippen molar-refractivity contribution >= 4 is 11.9 Å². The van der Waals surface area contributed by atoms with Crippen LogP contribution in [0.4, 0.5) is 4.79 Å². The number of hydrogen-bond donors (Lipinski definition) is 1. The molecule has 2 saturated heterocycles. The van der Waals surface area contributed by atoms with E-state index in [1.807, 2.05) is 64.4 Å². The van der Waals surface area contributed by atoms with E-state index in [0.29, 0.717) is 26.2 Å². The number of carbonyl (C=O) groups excluding carboxylic acids is 2. The molecule has 0 spiro atoms. The topological polar surface area (TPSA) is 61.9 Å². The fourth-order valence-electron chi connectivity index (χ4n) is 4.22. The average Bonchev–Trinajstić information content (AvgIpc) is 3.37. The van der Waals surface area contributed by atoms with E-state index in [1.54, 1.807) is 0 Å². The lowest BCUT2D eigenvalue weighted by molar-refractivity contribution is -0.126. The third-order valence-corrected chi connectivity index (χ3v) is 6.15. The number of nitrogens with one attached hydrogen (secondary N) is 1. The van der Waals surface area contributed by atoms with Gasteiger partial charge in [0.25, 0.3) is 0 Å². The Hall–Kier alpha value is -3.02. The van der Waals surface area contributed by atoms with Gasteiger partial charge < -0.3 is 19.9 Å². The Balaban J connectivity index is 1.18. The van der Waals surface area contributed by atoms with Gasteiger partial charge in [0.05, 0.1) is 0 Å². The zero-order valence-corrected chi connectivity index (χ0v) is 18.0. The third kappa shape index (κ3) is 5.78. The van der Waals surface area contributed by atoms with E-state index in [2.05, 4.69) is 5.32 Å². The second-order valence-corrected chi connectivity index (χ2v) is 8.37. The van der Waals surface area contributed by atoms with Gasteiger partial charge in [0.1, 0.15) is 12.4 Å². The Kier molecular flexibility index (Phi) is 7.07. The molecule has 0 unspecified atom stereocenters. The van der Waals surface area contributed by atoms with Gasteiger partial charge in [-0.05, 0) is 48.9 Å². The van der Waals surface area contributed by atoms with Crippen molar-refractivity contribution in [3.05, 3.63) is 65.7 Å². The van der Waals surface area contributed by atoms with Gasteiger partial charge in [-0.15, -0.1) is 0 Å². The maximum absolute atomic E-state index is 12.6. The molecule has 2 aliphatic heterocycles. The monoisotopic (exact) mass is 421 g/mol. The zero-order chi connectivity index (χ0) is 21.5. The molecule has 0 aliphatic carbocycles. The van der Waals surface area contributed by atoms with Crippen LogP contribution in [-0.4, -0.2) is 47.9 Å². The van der Waals surface area contributed by atoms with Crippen LogP contribution in [0.3, 0.4) is 0 Å². The van der Waals surface area contributed by atoms with E-state index < -0.39 is 0 Å². The third-order valence-electron chi connectivity index (χ3n) is 6.15. The van der Waals surface area contributed by atoms with Crippen LogP contribution in [0.1, 0.15) is 36.8 Å². The molecule has 0 saturated carbocycles. The zero-order valence-electron chi connectivity index (χ0n) is 18.0. The molecule has 6 heteroatoms. The second-order valence-electron chi connectivity index (χ2n) is 8.37. The summed E-state index contributed by atoms with van der Waals surface area (Å²) in [6.07, 6.45) is 3.67. The minimum atomic E-state index is -0.0175. The molecule has 3 amide bonds. The molecule has 2 fully saturated rings. The number of nitrogens with zero attached hydrogens (tertiary/aromatic N) is 2. The van der Waals surface area contributed by atoms with Crippen molar-refractivity contribution in [1.82, 2.24) is 15.1 Å². The van der Waals surface area contributed by atoms with E-state index >= 15 is 0 Å².